The molecule has 0 saturated heterocycles. The average Bonchev–Trinajstić information content (AvgIpc) is 2.17. The highest BCUT2D eigenvalue weighted by Gasteiger charge is 2.17. The van der Waals surface area contributed by atoms with Crippen molar-refractivity contribution in [2.45, 2.75) is 17.1 Å². The summed E-state index contributed by atoms with van der Waals surface area (Å²) in [6.45, 7) is 2.03. The van der Waals surface area contributed by atoms with Crippen LogP contribution in [0.2, 0.25) is 5.02 Å². The molecule has 72 valence electrons. The number of benzene rings is 1. The Morgan fingerprint density at radius 2 is 2.29 bits per heavy atom. The van der Waals surface area contributed by atoms with Crippen molar-refractivity contribution in [2.75, 3.05) is 0 Å². The second kappa shape index (κ2) is 3.79. The molecule has 1 aliphatic rings. The first-order valence-electron chi connectivity index (χ1n) is 4.33. The Labute approximate surface area is 92.1 Å². The first-order valence-corrected chi connectivity index (χ1v) is 5.59. The van der Waals surface area contributed by atoms with E-state index in [0.717, 1.165) is 17.4 Å². The minimum atomic E-state index is 0.237. The molecule has 0 aliphatic carbocycles. The van der Waals surface area contributed by atoms with Gasteiger partial charge in [-0.3, -0.25) is 4.79 Å². The number of thioether (sulfide) groups is 1. The number of rotatable bonds is 1. The predicted octanol–water partition coefficient (Wildman–Crippen LogP) is 3.42. The van der Waals surface area contributed by atoms with Crippen LogP contribution in [-0.4, -0.2) is 11.5 Å². The van der Waals surface area contributed by atoms with Gasteiger partial charge in [-0.05, 0) is 36.8 Å². The monoisotopic (exact) mass is 224 g/mol. The van der Waals surface area contributed by atoms with Gasteiger partial charge >= 0.3 is 0 Å². The zero-order chi connectivity index (χ0) is 10.1. The second-order valence-electron chi connectivity index (χ2n) is 3.20. The fraction of sp³-hybridized carbons (Fsp3) is 0.182. The Bertz CT molecular complexity index is 412. The second-order valence-corrected chi connectivity index (χ2v) is 5.02. The lowest BCUT2D eigenvalue weighted by atomic mass is 10.1. The topological polar surface area (TPSA) is 17.1 Å². The maximum atomic E-state index is 10.8. The summed E-state index contributed by atoms with van der Waals surface area (Å²) in [4.78, 5) is 11.9. The first kappa shape index (κ1) is 9.81. The maximum Gasteiger partial charge on any atom is 0.147 e. The minimum Gasteiger partial charge on any atom is -0.298 e. The summed E-state index contributed by atoms with van der Waals surface area (Å²) < 4.78 is 0. The maximum absolute atomic E-state index is 10.8. The predicted molar refractivity (Wildman–Crippen MR) is 60.8 cm³/mol. The van der Waals surface area contributed by atoms with E-state index >= 15 is 0 Å². The number of fused-ring (bicyclic) bond motifs is 1. The van der Waals surface area contributed by atoms with Gasteiger partial charge in [0.1, 0.15) is 6.29 Å². The van der Waals surface area contributed by atoms with Gasteiger partial charge in [-0.2, -0.15) is 0 Å². The molecule has 0 unspecified atom stereocenters. The van der Waals surface area contributed by atoms with E-state index in [4.69, 9.17) is 11.6 Å². The Morgan fingerprint density at radius 1 is 1.50 bits per heavy atom. The molecule has 0 aromatic heterocycles. The average molecular weight is 225 g/mol. The van der Waals surface area contributed by atoms with Crippen LogP contribution in [0.5, 0.6) is 0 Å². The Balaban J connectivity index is 2.51. The van der Waals surface area contributed by atoms with Crippen molar-refractivity contribution in [1.82, 2.24) is 0 Å². The molecular weight excluding hydrogens is 216 g/mol. The lowest BCUT2D eigenvalue weighted by Gasteiger charge is -2.18. The van der Waals surface area contributed by atoms with Crippen LogP contribution in [0.3, 0.4) is 0 Å². The van der Waals surface area contributed by atoms with Crippen LogP contribution in [0.15, 0.2) is 28.7 Å². The van der Waals surface area contributed by atoms with Crippen molar-refractivity contribution < 1.29 is 4.79 Å². The molecule has 2 rings (SSSR count). The third-order valence-electron chi connectivity index (χ3n) is 2.20. The van der Waals surface area contributed by atoms with Crippen LogP contribution in [0.25, 0.3) is 6.08 Å². The summed E-state index contributed by atoms with van der Waals surface area (Å²) in [6.07, 6.45) is 2.83. The molecule has 1 nitrogen and oxygen atoms in total. The summed E-state index contributed by atoms with van der Waals surface area (Å²) in [5.41, 5.74) is 1.87. The molecule has 0 saturated carbocycles. The number of hydrogen-bond acceptors (Lipinski definition) is 2. The van der Waals surface area contributed by atoms with Gasteiger partial charge in [-0.25, -0.2) is 0 Å². The lowest BCUT2D eigenvalue weighted by molar-refractivity contribution is -0.104. The van der Waals surface area contributed by atoms with E-state index in [9.17, 15) is 4.79 Å². The summed E-state index contributed by atoms with van der Waals surface area (Å²) in [7, 11) is 0. The molecule has 0 amide bonds. The third kappa shape index (κ3) is 1.72. The van der Waals surface area contributed by atoms with Crippen LogP contribution >= 0.6 is 23.4 Å². The summed E-state index contributed by atoms with van der Waals surface area (Å²) >= 11 is 7.57. The number of carbonyl (C=O) groups excluding carboxylic acids is 1. The highest BCUT2D eigenvalue weighted by atomic mass is 35.5. The van der Waals surface area contributed by atoms with Crippen LogP contribution in [-0.2, 0) is 4.79 Å². The molecule has 14 heavy (non-hydrogen) atoms. The molecule has 1 aliphatic heterocycles. The standard InChI is InChI=1S/C11H9ClOS/c1-7-9(6-13)4-8-5-10(12)2-3-11(8)14-7/h2-7H,1H3/t7-/m1/s1. The highest BCUT2D eigenvalue weighted by Crippen LogP contribution is 2.37. The van der Waals surface area contributed by atoms with Gasteiger partial charge in [-0.15, -0.1) is 11.8 Å². The summed E-state index contributed by atoms with van der Waals surface area (Å²) in [5.74, 6) is 0. The van der Waals surface area contributed by atoms with Gasteiger partial charge in [0.25, 0.3) is 0 Å². The molecule has 0 radical (unpaired) electrons. The zero-order valence-electron chi connectivity index (χ0n) is 7.66. The largest absolute Gasteiger partial charge is 0.298 e. The molecule has 0 bridgehead atoms. The van der Waals surface area contributed by atoms with E-state index in [2.05, 4.69) is 0 Å². The molecule has 1 heterocycles. The van der Waals surface area contributed by atoms with Crippen molar-refractivity contribution in [3.63, 3.8) is 0 Å². The fourth-order valence-electron chi connectivity index (χ4n) is 1.42. The van der Waals surface area contributed by atoms with Gasteiger partial charge in [0.2, 0.25) is 0 Å². The van der Waals surface area contributed by atoms with E-state index in [-0.39, 0.29) is 5.25 Å². The van der Waals surface area contributed by atoms with Gasteiger partial charge < -0.3 is 0 Å². The number of hydrogen-bond donors (Lipinski definition) is 0. The molecule has 1 aromatic rings. The molecular formula is C11H9ClOS. The van der Waals surface area contributed by atoms with Crippen molar-refractivity contribution in [1.29, 1.82) is 0 Å². The van der Waals surface area contributed by atoms with Crippen molar-refractivity contribution >= 4 is 35.7 Å². The van der Waals surface area contributed by atoms with E-state index in [1.165, 1.54) is 4.90 Å². The van der Waals surface area contributed by atoms with Crippen molar-refractivity contribution in [3.8, 4) is 0 Å². The van der Waals surface area contributed by atoms with E-state index in [0.29, 0.717) is 5.02 Å². The SMILES string of the molecule is C[C@H]1Sc2ccc(Cl)cc2C=C1C=O. The van der Waals surface area contributed by atoms with Crippen LogP contribution < -0.4 is 0 Å². The molecule has 1 aromatic carbocycles. The first-order chi connectivity index (χ1) is 6.70. The number of aldehydes is 1. The van der Waals surface area contributed by atoms with Crippen LogP contribution in [0, 0.1) is 0 Å². The van der Waals surface area contributed by atoms with Crippen LogP contribution in [0.1, 0.15) is 12.5 Å². The van der Waals surface area contributed by atoms with Crippen LogP contribution in [0.4, 0.5) is 0 Å². The van der Waals surface area contributed by atoms with Gasteiger partial charge in [0, 0.05) is 20.7 Å². The Kier molecular flexibility index (Phi) is 2.66. The molecule has 0 spiro atoms. The Hall–Kier alpha value is -0.730. The third-order valence-corrected chi connectivity index (χ3v) is 3.69. The Morgan fingerprint density at radius 3 is 3.00 bits per heavy atom. The highest BCUT2D eigenvalue weighted by molar-refractivity contribution is 8.00. The lowest BCUT2D eigenvalue weighted by Crippen LogP contribution is -2.06. The van der Waals surface area contributed by atoms with Gasteiger partial charge in [0.15, 0.2) is 0 Å². The minimum absolute atomic E-state index is 0.237. The smallest absolute Gasteiger partial charge is 0.147 e. The van der Waals surface area contributed by atoms with Gasteiger partial charge in [-0.1, -0.05) is 11.6 Å². The van der Waals surface area contributed by atoms with Gasteiger partial charge in [0.05, 0.1) is 0 Å². The molecule has 0 fully saturated rings. The van der Waals surface area contributed by atoms with Crippen molar-refractivity contribution in [2.24, 2.45) is 0 Å². The molecule has 0 N–H and O–H groups in total. The summed E-state index contributed by atoms with van der Waals surface area (Å²) in [5, 5.41) is 0.946. The quantitative estimate of drug-likeness (QED) is 0.680. The van der Waals surface area contributed by atoms with E-state index < -0.39 is 0 Å². The van der Waals surface area contributed by atoms with E-state index in [1.807, 2.05) is 31.2 Å². The zero-order valence-corrected chi connectivity index (χ0v) is 9.23. The normalized spacial score (nSPS) is 19.9. The van der Waals surface area contributed by atoms with Crippen molar-refractivity contribution in [3.05, 3.63) is 34.4 Å². The number of halogens is 1. The number of carbonyl (C=O) groups is 1. The fourth-order valence-corrected chi connectivity index (χ4v) is 2.65. The van der Waals surface area contributed by atoms with E-state index in [1.54, 1.807) is 11.8 Å². The molecule has 3 heteroatoms. The summed E-state index contributed by atoms with van der Waals surface area (Å²) in [6, 6.07) is 5.76. The molecule has 1 atom stereocenters.